The minimum atomic E-state index is -0.876. The van der Waals surface area contributed by atoms with E-state index < -0.39 is 5.92 Å². The second kappa shape index (κ2) is 6.43. The van der Waals surface area contributed by atoms with Crippen molar-refractivity contribution in [3.05, 3.63) is 64.2 Å². The van der Waals surface area contributed by atoms with Gasteiger partial charge >= 0.3 is 0 Å². The molecular weight excluding hydrogens is 286 g/mol. The van der Waals surface area contributed by atoms with E-state index in [2.05, 4.69) is 6.07 Å². The Morgan fingerprint density at radius 2 is 2.00 bits per heavy atom. The Morgan fingerprint density at radius 3 is 2.62 bits per heavy atom. The lowest BCUT2D eigenvalue weighted by molar-refractivity contribution is 0.0975. The molecule has 0 bridgehead atoms. The molecule has 0 amide bonds. The molecule has 0 radical (unpaired) electrons. The Labute approximate surface area is 128 Å². The van der Waals surface area contributed by atoms with Gasteiger partial charge in [-0.2, -0.15) is 5.26 Å². The summed E-state index contributed by atoms with van der Waals surface area (Å²) in [6, 6.07) is 14.2. The third kappa shape index (κ3) is 3.07. The number of carbonyl (C=O) groups is 1. The molecule has 0 saturated heterocycles. The molecule has 21 heavy (non-hydrogen) atoms. The molecule has 106 valence electrons. The molecule has 0 aromatic heterocycles. The number of ether oxygens (including phenoxy) is 1. The Kier molecular flexibility index (Phi) is 4.62. The monoisotopic (exact) mass is 299 g/mol. The molecule has 2 aromatic carbocycles. The van der Waals surface area contributed by atoms with Crippen LogP contribution in [0.1, 0.15) is 27.4 Å². The first-order valence-electron chi connectivity index (χ1n) is 6.41. The van der Waals surface area contributed by atoms with Crippen LogP contribution >= 0.6 is 11.6 Å². The normalized spacial score (nSPS) is 11.5. The fraction of sp³-hybridized carbons (Fsp3) is 0.176. The fourth-order valence-corrected chi connectivity index (χ4v) is 2.38. The van der Waals surface area contributed by atoms with E-state index >= 15 is 0 Å². The van der Waals surface area contributed by atoms with Crippen LogP contribution in [0, 0.1) is 18.3 Å². The molecule has 4 heteroatoms. The molecule has 0 spiro atoms. The molecule has 2 aromatic rings. The average molecular weight is 300 g/mol. The molecule has 0 heterocycles. The van der Waals surface area contributed by atoms with Gasteiger partial charge in [-0.15, -0.1) is 0 Å². The van der Waals surface area contributed by atoms with Gasteiger partial charge in [-0.05, 0) is 36.2 Å². The van der Waals surface area contributed by atoms with Crippen molar-refractivity contribution in [2.45, 2.75) is 12.8 Å². The van der Waals surface area contributed by atoms with Gasteiger partial charge in [-0.25, -0.2) is 0 Å². The van der Waals surface area contributed by atoms with E-state index in [-0.39, 0.29) is 5.78 Å². The highest BCUT2D eigenvalue weighted by atomic mass is 35.5. The lowest BCUT2D eigenvalue weighted by Crippen LogP contribution is -2.13. The number of carbonyl (C=O) groups excluding carboxylic acids is 1. The van der Waals surface area contributed by atoms with Crippen LogP contribution in [0.15, 0.2) is 42.5 Å². The topological polar surface area (TPSA) is 50.1 Å². The zero-order chi connectivity index (χ0) is 15.4. The minimum Gasteiger partial charge on any atom is -0.496 e. The smallest absolute Gasteiger partial charge is 0.188 e. The largest absolute Gasteiger partial charge is 0.496 e. The number of halogens is 1. The van der Waals surface area contributed by atoms with Crippen molar-refractivity contribution in [2.24, 2.45) is 0 Å². The van der Waals surface area contributed by atoms with Crippen molar-refractivity contribution >= 4 is 17.4 Å². The fourth-order valence-electron chi connectivity index (χ4n) is 2.21. The summed E-state index contributed by atoms with van der Waals surface area (Å²) in [5, 5.41) is 9.86. The number of ketones is 1. The molecule has 1 unspecified atom stereocenters. The van der Waals surface area contributed by atoms with Gasteiger partial charge in [0.05, 0.1) is 18.7 Å². The van der Waals surface area contributed by atoms with Crippen LogP contribution in [0.25, 0.3) is 0 Å². The van der Waals surface area contributed by atoms with Crippen LogP contribution in [0.4, 0.5) is 0 Å². The van der Waals surface area contributed by atoms with Crippen molar-refractivity contribution in [2.75, 3.05) is 7.11 Å². The molecule has 0 saturated carbocycles. The number of nitriles is 1. The zero-order valence-corrected chi connectivity index (χ0v) is 12.5. The number of hydrogen-bond acceptors (Lipinski definition) is 3. The van der Waals surface area contributed by atoms with Crippen LogP contribution in [-0.2, 0) is 0 Å². The first-order valence-corrected chi connectivity index (χ1v) is 6.79. The molecule has 1 atom stereocenters. The van der Waals surface area contributed by atoms with E-state index in [4.69, 9.17) is 16.3 Å². The van der Waals surface area contributed by atoms with Gasteiger partial charge in [0.25, 0.3) is 0 Å². The second-order valence-corrected chi connectivity index (χ2v) is 5.06. The van der Waals surface area contributed by atoms with Crippen LogP contribution in [0.2, 0.25) is 5.02 Å². The van der Waals surface area contributed by atoms with Crippen LogP contribution in [0.3, 0.4) is 0 Å². The highest BCUT2D eigenvalue weighted by Crippen LogP contribution is 2.29. The van der Waals surface area contributed by atoms with Crippen LogP contribution < -0.4 is 4.74 Å². The molecular formula is C17H14ClNO2. The number of Topliss-reactive ketones (excluding diaryl/α,β-unsaturated/α-hetero) is 1. The summed E-state index contributed by atoms with van der Waals surface area (Å²) in [5.41, 5.74) is 1.92. The molecule has 0 aliphatic heterocycles. The summed E-state index contributed by atoms with van der Waals surface area (Å²) in [5.74, 6) is -0.775. The lowest BCUT2D eigenvalue weighted by atomic mass is 9.89. The highest BCUT2D eigenvalue weighted by Gasteiger charge is 2.25. The quantitative estimate of drug-likeness (QED) is 0.797. The third-order valence-electron chi connectivity index (χ3n) is 3.32. The Balaban J connectivity index is 2.50. The molecule has 0 fully saturated rings. The van der Waals surface area contributed by atoms with Gasteiger partial charge in [0.2, 0.25) is 0 Å². The number of nitrogens with zero attached hydrogens (tertiary/aromatic N) is 1. The first-order chi connectivity index (χ1) is 10.1. The second-order valence-electron chi connectivity index (χ2n) is 4.63. The summed E-state index contributed by atoms with van der Waals surface area (Å²) in [6.45, 7) is 1.88. The van der Waals surface area contributed by atoms with Gasteiger partial charge in [-0.1, -0.05) is 35.9 Å². The average Bonchev–Trinajstić information content (AvgIpc) is 2.49. The highest BCUT2D eigenvalue weighted by molar-refractivity contribution is 6.31. The number of benzene rings is 2. The summed E-state index contributed by atoms with van der Waals surface area (Å²) < 4.78 is 5.19. The Morgan fingerprint density at radius 1 is 1.29 bits per heavy atom. The van der Waals surface area contributed by atoms with E-state index in [0.29, 0.717) is 21.9 Å². The van der Waals surface area contributed by atoms with Crippen molar-refractivity contribution in [3.63, 3.8) is 0 Å². The van der Waals surface area contributed by atoms with Gasteiger partial charge in [0, 0.05) is 5.02 Å². The van der Waals surface area contributed by atoms with E-state index in [1.165, 1.54) is 13.2 Å². The molecule has 3 nitrogen and oxygen atoms in total. The zero-order valence-electron chi connectivity index (χ0n) is 11.8. The number of methoxy groups -OCH3 is 1. The predicted octanol–water partition coefficient (Wildman–Crippen LogP) is 4.15. The summed E-state index contributed by atoms with van der Waals surface area (Å²) in [6.07, 6.45) is 0. The Hall–Kier alpha value is -2.31. The molecule has 0 N–H and O–H groups in total. The van der Waals surface area contributed by atoms with Crippen LogP contribution in [0.5, 0.6) is 5.75 Å². The minimum absolute atomic E-state index is 0.314. The van der Waals surface area contributed by atoms with Gasteiger partial charge in [0.15, 0.2) is 5.78 Å². The third-order valence-corrected chi connectivity index (χ3v) is 3.55. The SMILES string of the molecule is COc1ccc(Cl)cc1C(=O)C(C#N)c1ccccc1C. The maximum absolute atomic E-state index is 12.7. The predicted molar refractivity (Wildman–Crippen MR) is 81.9 cm³/mol. The Bertz CT molecular complexity index is 719. The van der Waals surface area contributed by atoms with Crippen molar-refractivity contribution in [3.8, 4) is 11.8 Å². The summed E-state index contributed by atoms with van der Waals surface area (Å²) in [4.78, 5) is 12.7. The summed E-state index contributed by atoms with van der Waals surface area (Å²) in [7, 11) is 1.48. The molecule has 0 aliphatic rings. The van der Waals surface area contributed by atoms with Gasteiger partial charge in [-0.3, -0.25) is 4.79 Å². The molecule has 2 rings (SSSR count). The van der Waals surface area contributed by atoms with E-state index in [0.717, 1.165) is 5.56 Å². The van der Waals surface area contributed by atoms with Crippen molar-refractivity contribution in [1.29, 1.82) is 5.26 Å². The maximum atomic E-state index is 12.7. The van der Waals surface area contributed by atoms with E-state index in [9.17, 15) is 10.1 Å². The van der Waals surface area contributed by atoms with Crippen molar-refractivity contribution < 1.29 is 9.53 Å². The van der Waals surface area contributed by atoms with E-state index in [1.807, 2.05) is 25.1 Å². The first kappa shape index (κ1) is 15.1. The number of hydrogen-bond donors (Lipinski definition) is 0. The van der Waals surface area contributed by atoms with Crippen molar-refractivity contribution in [1.82, 2.24) is 0 Å². The molecule has 0 aliphatic carbocycles. The van der Waals surface area contributed by atoms with Gasteiger partial charge in [0.1, 0.15) is 11.7 Å². The number of rotatable bonds is 4. The number of aryl methyl sites for hydroxylation is 1. The van der Waals surface area contributed by atoms with Crippen LogP contribution in [-0.4, -0.2) is 12.9 Å². The lowest BCUT2D eigenvalue weighted by Gasteiger charge is -2.14. The van der Waals surface area contributed by atoms with E-state index in [1.54, 1.807) is 18.2 Å². The standard InChI is InChI=1S/C17H14ClNO2/c1-11-5-3-4-6-13(11)15(10-19)17(20)14-9-12(18)7-8-16(14)21-2/h3-9,15H,1-2H3. The maximum Gasteiger partial charge on any atom is 0.188 e. The summed E-state index contributed by atoms with van der Waals surface area (Å²) >= 11 is 5.95. The van der Waals surface area contributed by atoms with Gasteiger partial charge < -0.3 is 4.74 Å².